The predicted octanol–water partition coefficient (Wildman–Crippen LogP) is -1.15. The van der Waals surface area contributed by atoms with Crippen molar-refractivity contribution in [1.29, 1.82) is 0 Å². The van der Waals surface area contributed by atoms with E-state index in [1.807, 2.05) is 6.92 Å². The third-order valence-corrected chi connectivity index (χ3v) is 2.98. The molecule has 1 fully saturated rings. The van der Waals surface area contributed by atoms with E-state index in [1.165, 1.54) is 0 Å². The summed E-state index contributed by atoms with van der Waals surface area (Å²) in [5, 5.41) is 3.14. The fourth-order valence-corrected chi connectivity index (χ4v) is 2.13. The van der Waals surface area contributed by atoms with Gasteiger partial charge in [0.05, 0.1) is 0 Å². The predicted molar refractivity (Wildman–Crippen MR) is 53.8 cm³/mol. The zero-order valence-corrected chi connectivity index (χ0v) is 9.30. The number of sulfone groups is 1. The van der Waals surface area contributed by atoms with Gasteiger partial charge < -0.3 is 10.2 Å². The molecule has 0 aliphatic carbocycles. The molecule has 1 N–H and O–H groups in total. The lowest BCUT2D eigenvalue weighted by atomic mass is 10.2. The number of nitrogens with zero attached hydrogens (tertiary/aromatic N) is 1. The Balaban J connectivity index is 2.59. The van der Waals surface area contributed by atoms with Crippen LogP contribution in [0.25, 0.3) is 0 Å². The van der Waals surface area contributed by atoms with Crippen LogP contribution < -0.4 is 5.32 Å². The molecule has 0 aromatic rings. The first kappa shape index (κ1) is 11.5. The summed E-state index contributed by atoms with van der Waals surface area (Å²) in [6.07, 6.45) is 1.08. The summed E-state index contributed by atoms with van der Waals surface area (Å²) >= 11 is 0. The first-order chi connectivity index (χ1) is 6.40. The lowest BCUT2D eigenvalue weighted by Crippen LogP contribution is -2.53. The van der Waals surface area contributed by atoms with Crippen molar-refractivity contribution in [2.45, 2.75) is 13.0 Å². The number of piperazine rings is 1. The average Bonchev–Trinajstić information content (AvgIpc) is 2.01. The van der Waals surface area contributed by atoms with E-state index in [0.717, 1.165) is 19.3 Å². The Labute approximate surface area is 84.4 Å². The molecule has 1 aliphatic rings. The number of rotatable bonds is 2. The smallest absolute Gasteiger partial charge is 0.238 e. The third kappa shape index (κ3) is 3.26. The summed E-state index contributed by atoms with van der Waals surface area (Å²) in [7, 11) is -3.21. The van der Waals surface area contributed by atoms with Crippen LogP contribution in [0.4, 0.5) is 0 Å². The van der Waals surface area contributed by atoms with Crippen LogP contribution in [0.5, 0.6) is 0 Å². The van der Waals surface area contributed by atoms with Gasteiger partial charge in [0.2, 0.25) is 5.91 Å². The number of hydrogen-bond donors (Lipinski definition) is 1. The fourth-order valence-electron chi connectivity index (χ4n) is 1.52. The molecule has 6 heteroatoms. The molecule has 0 spiro atoms. The summed E-state index contributed by atoms with van der Waals surface area (Å²) in [5.74, 6) is -0.668. The second-order valence-corrected chi connectivity index (χ2v) is 5.85. The lowest BCUT2D eigenvalue weighted by Gasteiger charge is -2.33. The molecule has 1 heterocycles. The van der Waals surface area contributed by atoms with E-state index in [9.17, 15) is 13.2 Å². The Kier molecular flexibility index (Phi) is 3.49. The molecule has 1 atom stereocenters. The van der Waals surface area contributed by atoms with Gasteiger partial charge in [-0.3, -0.25) is 4.79 Å². The minimum Gasteiger partial charge on any atom is -0.337 e. The Morgan fingerprint density at radius 1 is 1.57 bits per heavy atom. The van der Waals surface area contributed by atoms with Crippen molar-refractivity contribution < 1.29 is 13.2 Å². The molecule has 0 radical (unpaired) electrons. The van der Waals surface area contributed by atoms with Crippen LogP contribution in [-0.4, -0.2) is 56.9 Å². The zero-order valence-electron chi connectivity index (χ0n) is 8.49. The number of carbonyl (C=O) groups excluding carboxylic acids is 1. The summed E-state index contributed by atoms with van der Waals surface area (Å²) in [6, 6.07) is 0.0815. The molecule has 0 bridgehead atoms. The number of carbonyl (C=O) groups is 1. The molecule has 0 aromatic heterocycles. The minimum absolute atomic E-state index is 0.0815. The molecule has 5 nitrogen and oxygen atoms in total. The normalized spacial score (nSPS) is 23.6. The topological polar surface area (TPSA) is 66.5 Å². The van der Waals surface area contributed by atoms with Gasteiger partial charge in [-0.2, -0.15) is 0 Å². The van der Waals surface area contributed by atoms with Gasteiger partial charge in [0, 0.05) is 31.9 Å². The van der Waals surface area contributed by atoms with Crippen LogP contribution in [0.15, 0.2) is 0 Å². The van der Waals surface area contributed by atoms with Crippen LogP contribution in [0.1, 0.15) is 6.92 Å². The van der Waals surface area contributed by atoms with E-state index >= 15 is 0 Å². The Morgan fingerprint density at radius 2 is 2.21 bits per heavy atom. The van der Waals surface area contributed by atoms with Crippen molar-refractivity contribution in [2.24, 2.45) is 0 Å². The van der Waals surface area contributed by atoms with Crippen molar-refractivity contribution in [1.82, 2.24) is 10.2 Å². The number of nitrogens with one attached hydrogen (secondary N) is 1. The van der Waals surface area contributed by atoms with Gasteiger partial charge in [-0.25, -0.2) is 8.42 Å². The molecule has 1 aliphatic heterocycles. The maximum absolute atomic E-state index is 11.5. The molecule has 1 amide bonds. The highest BCUT2D eigenvalue weighted by atomic mass is 32.2. The summed E-state index contributed by atoms with van der Waals surface area (Å²) in [4.78, 5) is 13.2. The molecule has 1 saturated heterocycles. The highest BCUT2D eigenvalue weighted by molar-refractivity contribution is 7.91. The van der Waals surface area contributed by atoms with E-state index < -0.39 is 9.84 Å². The van der Waals surface area contributed by atoms with Crippen molar-refractivity contribution in [3.63, 3.8) is 0 Å². The zero-order chi connectivity index (χ0) is 10.8. The van der Waals surface area contributed by atoms with E-state index in [4.69, 9.17) is 0 Å². The molecule has 1 rings (SSSR count). The van der Waals surface area contributed by atoms with E-state index in [2.05, 4.69) is 5.32 Å². The fraction of sp³-hybridized carbons (Fsp3) is 0.875. The van der Waals surface area contributed by atoms with E-state index in [0.29, 0.717) is 6.54 Å². The van der Waals surface area contributed by atoms with Crippen LogP contribution in [0.2, 0.25) is 0 Å². The third-order valence-electron chi connectivity index (χ3n) is 2.21. The first-order valence-corrected chi connectivity index (χ1v) is 6.64. The van der Waals surface area contributed by atoms with E-state index in [1.54, 1.807) is 4.90 Å². The maximum atomic E-state index is 11.5. The SMILES string of the molecule is C[C@@H]1CNCCN1C(=O)CS(C)(=O)=O. The summed E-state index contributed by atoms with van der Waals surface area (Å²) in [6.45, 7) is 3.97. The maximum Gasteiger partial charge on any atom is 0.238 e. The van der Waals surface area contributed by atoms with Crippen molar-refractivity contribution in [2.75, 3.05) is 31.6 Å². The molecule has 14 heavy (non-hydrogen) atoms. The second kappa shape index (κ2) is 4.27. The van der Waals surface area contributed by atoms with Gasteiger partial charge >= 0.3 is 0 Å². The quantitative estimate of drug-likeness (QED) is 0.638. The summed E-state index contributed by atoms with van der Waals surface area (Å²) < 4.78 is 21.9. The lowest BCUT2D eigenvalue weighted by molar-refractivity contribution is -0.131. The van der Waals surface area contributed by atoms with Crippen LogP contribution in [0, 0.1) is 0 Å². The highest BCUT2D eigenvalue weighted by Gasteiger charge is 2.24. The largest absolute Gasteiger partial charge is 0.337 e. The molecule has 0 unspecified atom stereocenters. The molecule has 0 saturated carbocycles. The van der Waals surface area contributed by atoms with E-state index in [-0.39, 0.29) is 17.7 Å². The first-order valence-electron chi connectivity index (χ1n) is 4.58. The molecular formula is C8H16N2O3S. The van der Waals surface area contributed by atoms with Gasteiger partial charge in [0.25, 0.3) is 0 Å². The van der Waals surface area contributed by atoms with Crippen molar-refractivity contribution in [3.8, 4) is 0 Å². The van der Waals surface area contributed by atoms with Gasteiger partial charge in [0.1, 0.15) is 5.75 Å². The van der Waals surface area contributed by atoms with Gasteiger partial charge in [-0.15, -0.1) is 0 Å². The monoisotopic (exact) mass is 220 g/mol. The highest BCUT2D eigenvalue weighted by Crippen LogP contribution is 2.03. The number of amides is 1. The van der Waals surface area contributed by atoms with Crippen LogP contribution in [0.3, 0.4) is 0 Å². The van der Waals surface area contributed by atoms with Crippen LogP contribution in [-0.2, 0) is 14.6 Å². The molecule has 0 aromatic carbocycles. The van der Waals surface area contributed by atoms with Crippen molar-refractivity contribution >= 4 is 15.7 Å². The van der Waals surface area contributed by atoms with Gasteiger partial charge in [0.15, 0.2) is 9.84 Å². The number of hydrogen-bond acceptors (Lipinski definition) is 4. The average molecular weight is 220 g/mol. The van der Waals surface area contributed by atoms with Crippen molar-refractivity contribution in [3.05, 3.63) is 0 Å². The molecule has 82 valence electrons. The Bertz CT molecular complexity index is 313. The molecular weight excluding hydrogens is 204 g/mol. The standard InChI is InChI=1S/C8H16N2O3S/c1-7-5-9-3-4-10(7)8(11)6-14(2,12)13/h7,9H,3-6H2,1-2H3/t7-/m1/s1. The Hall–Kier alpha value is -0.620. The summed E-state index contributed by atoms with van der Waals surface area (Å²) in [5.41, 5.74) is 0. The minimum atomic E-state index is -3.21. The van der Waals surface area contributed by atoms with Gasteiger partial charge in [-0.05, 0) is 6.92 Å². The van der Waals surface area contributed by atoms with Gasteiger partial charge in [-0.1, -0.05) is 0 Å². The van der Waals surface area contributed by atoms with Crippen LogP contribution >= 0.6 is 0 Å². The Morgan fingerprint density at radius 3 is 2.71 bits per heavy atom. The second-order valence-electron chi connectivity index (χ2n) is 3.71.